The van der Waals surface area contributed by atoms with Crippen molar-refractivity contribution < 1.29 is 0 Å². The molecule has 2 aromatic rings. The van der Waals surface area contributed by atoms with Gasteiger partial charge in [-0.25, -0.2) is 0 Å². The van der Waals surface area contributed by atoms with Gasteiger partial charge in [0, 0.05) is 10.8 Å². The van der Waals surface area contributed by atoms with Crippen LogP contribution in [0.1, 0.15) is 0 Å². The second-order valence-corrected chi connectivity index (χ2v) is 3.59. The Morgan fingerprint density at radius 3 is 2.31 bits per heavy atom. The van der Waals surface area contributed by atoms with Crippen molar-refractivity contribution in [1.29, 1.82) is 0 Å². The summed E-state index contributed by atoms with van der Waals surface area (Å²) in [7, 11) is 0. The van der Waals surface area contributed by atoms with Crippen molar-refractivity contribution in [3.05, 3.63) is 40.4 Å². The number of anilines is 1. The largest absolute Gasteiger partial charge is 0.397 e. The molecule has 0 amide bonds. The third kappa shape index (κ3) is 1.34. The van der Waals surface area contributed by atoms with Crippen LogP contribution in [0.3, 0.4) is 0 Å². The molecule has 13 heavy (non-hydrogen) atoms. The molecular formula is C10H7Cl2N. The van der Waals surface area contributed by atoms with Gasteiger partial charge in [0.1, 0.15) is 0 Å². The molecule has 2 rings (SSSR count). The predicted molar refractivity (Wildman–Crippen MR) is 58.4 cm³/mol. The minimum atomic E-state index is 0.519. The number of nitrogen functional groups attached to an aromatic ring is 1. The monoisotopic (exact) mass is 211 g/mol. The maximum Gasteiger partial charge on any atom is 0.0714 e. The molecule has 0 atom stereocenters. The van der Waals surface area contributed by atoms with Gasteiger partial charge in [-0.2, -0.15) is 0 Å². The summed E-state index contributed by atoms with van der Waals surface area (Å²) in [6, 6.07) is 9.32. The molecule has 0 unspecified atom stereocenters. The van der Waals surface area contributed by atoms with E-state index in [4.69, 9.17) is 28.9 Å². The Balaban J connectivity index is 2.97. The quantitative estimate of drug-likeness (QED) is 0.661. The van der Waals surface area contributed by atoms with Crippen LogP contribution >= 0.6 is 23.2 Å². The second-order valence-electron chi connectivity index (χ2n) is 2.81. The first-order chi connectivity index (χ1) is 6.20. The van der Waals surface area contributed by atoms with Gasteiger partial charge in [0.2, 0.25) is 0 Å². The second kappa shape index (κ2) is 3.09. The van der Waals surface area contributed by atoms with E-state index in [-0.39, 0.29) is 0 Å². The van der Waals surface area contributed by atoms with E-state index in [9.17, 15) is 0 Å². The number of nitrogens with two attached hydrogens (primary N) is 1. The molecule has 0 aliphatic carbocycles. The summed E-state index contributed by atoms with van der Waals surface area (Å²) in [5.41, 5.74) is 6.19. The lowest BCUT2D eigenvalue weighted by Gasteiger charge is -2.05. The summed E-state index contributed by atoms with van der Waals surface area (Å²) in [5, 5.41) is 3.04. The zero-order valence-corrected chi connectivity index (χ0v) is 8.23. The van der Waals surface area contributed by atoms with Crippen LogP contribution < -0.4 is 5.73 Å². The molecule has 0 spiro atoms. The molecule has 0 aliphatic heterocycles. The minimum Gasteiger partial charge on any atom is -0.397 e. The maximum atomic E-state index is 6.01. The zero-order chi connectivity index (χ0) is 9.42. The van der Waals surface area contributed by atoms with Crippen LogP contribution in [0.25, 0.3) is 10.8 Å². The smallest absolute Gasteiger partial charge is 0.0714 e. The molecular weight excluding hydrogens is 205 g/mol. The Labute approximate surface area is 86.1 Å². The summed E-state index contributed by atoms with van der Waals surface area (Å²) in [4.78, 5) is 0. The van der Waals surface area contributed by atoms with Gasteiger partial charge in [0.05, 0.1) is 15.7 Å². The fourth-order valence-corrected chi connectivity index (χ4v) is 1.82. The maximum absolute atomic E-state index is 6.01. The number of benzene rings is 2. The van der Waals surface area contributed by atoms with Gasteiger partial charge < -0.3 is 5.73 Å². The lowest BCUT2D eigenvalue weighted by atomic mass is 10.1. The molecule has 0 aliphatic rings. The highest BCUT2D eigenvalue weighted by molar-refractivity contribution is 6.42. The SMILES string of the molecule is Nc1cc(Cl)c2ccccc2c1Cl. The molecule has 1 nitrogen and oxygen atoms in total. The normalized spacial score (nSPS) is 10.6. The Bertz CT molecular complexity index is 466. The average Bonchev–Trinajstić information content (AvgIpc) is 2.15. The van der Waals surface area contributed by atoms with Crippen molar-refractivity contribution in [1.82, 2.24) is 0 Å². The molecule has 0 saturated carbocycles. The van der Waals surface area contributed by atoms with Crippen molar-refractivity contribution in [3.8, 4) is 0 Å². The van der Waals surface area contributed by atoms with Gasteiger partial charge in [0.25, 0.3) is 0 Å². The van der Waals surface area contributed by atoms with E-state index < -0.39 is 0 Å². The van der Waals surface area contributed by atoms with Crippen LogP contribution in [0, 0.1) is 0 Å². The van der Waals surface area contributed by atoms with Gasteiger partial charge in [-0.15, -0.1) is 0 Å². The van der Waals surface area contributed by atoms with Crippen LogP contribution in [0.4, 0.5) is 5.69 Å². The van der Waals surface area contributed by atoms with Crippen molar-refractivity contribution in [2.24, 2.45) is 0 Å². The molecule has 0 radical (unpaired) electrons. The van der Waals surface area contributed by atoms with Gasteiger partial charge >= 0.3 is 0 Å². The standard InChI is InChI=1S/C10H7Cl2N/c11-8-5-9(13)10(12)7-4-2-1-3-6(7)8/h1-5H,13H2. The van der Waals surface area contributed by atoms with Crippen molar-refractivity contribution >= 4 is 39.7 Å². The Hall–Kier alpha value is -0.920. The Morgan fingerprint density at radius 2 is 1.62 bits per heavy atom. The zero-order valence-electron chi connectivity index (χ0n) is 6.72. The summed E-state index contributed by atoms with van der Waals surface area (Å²) >= 11 is 12.0. The highest BCUT2D eigenvalue weighted by Gasteiger charge is 2.05. The lowest BCUT2D eigenvalue weighted by molar-refractivity contribution is 1.72. The van der Waals surface area contributed by atoms with E-state index in [1.165, 1.54) is 0 Å². The first kappa shape index (κ1) is 8.67. The number of rotatable bonds is 0. The third-order valence-electron chi connectivity index (χ3n) is 1.96. The van der Waals surface area contributed by atoms with Crippen LogP contribution in [-0.2, 0) is 0 Å². The van der Waals surface area contributed by atoms with Gasteiger partial charge in [-0.05, 0) is 6.07 Å². The van der Waals surface area contributed by atoms with Gasteiger partial charge in [-0.1, -0.05) is 47.5 Å². The third-order valence-corrected chi connectivity index (χ3v) is 2.69. The molecule has 0 aromatic heterocycles. The highest BCUT2D eigenvalue weighted by atomic mass is 35.5. The van der Waals surface area contributed by atoms with Crippen LogP contribution in [0.5, 0.6) is 0 Å². The number of hydrogen-bond donors (Lipinski definition) is 1. The predicted octanol–water partition coefficient (Wildman–Crippen LogP) is 3.73. The fraction of sp³-hybridized carbons (Fsp3) is 0. The average molecular weight is 212 g/mol. The topological polar surface area (TPSA) is 26.0 Å². The number of hydrogen-bond acceptors (Lipinski definition) is 1. The first-order valence-corrected chi connectivity index (χ1v) is 4.58. The van der Waals surface area contributed by atoms with Crippen molar-refractivity contribution in [2.45, 2.75) is 0 Å². The number of halogens is 2. The fourth-order valence-electron chi connectivity index (χ4n) is 1.32. The lowest BCUT2D eigenvalue weighted by Crippen LogP contribution is -1.87. The van der Waals surface area contributed by atoms with Crippen LogP contribution in [-0.4, -0.2) is 0 Å². The molecule has 2 N–H and O–H groups in total. The molecule has 0 bridgehead atoms. The van der Waals surface area contributed by atoms with E-state index in [1.54, 1.807) is 6.07 Å². The summed E-state index contributed by atoms with van der Waals surface area (Å²) in [6.45, 7) is 0. The van der Waals surface area contributed by atoms with E-state index in [0.717, 1.165) is 10.8 Å². The molecule has 2 aromatic carbocycles. The highest BCUT2D eigenvalue weighted by Crippen LogP contribution is 2.34. The van der Waals surface area contributed by atoms with Crippen molar-refractivity contribution in [3.63, 3.8) is 0 Å². The van der Waals surface area contributed by atoms with Crippen LogP contribution in [0.2, 0.25) is 10.0 Å². The van der Waals surface area contributed by atoms with Crippen LogP contribution in [0.15, 0.2) is 30.3 Å². The molecule has 66 valence electrons. The summed E-state index contributed by atoms with van der Waals surface area (Å²) < 4.78 is 0. The summed E-state index contributed by atoms with van der Waals surface area (Å²) in [5.74, 6) is 0. The molecule has 0 saturated heterocycles. The van der Waals surface area contributed by atoms with E-state index >= 15 is 0 Å². The van der Waals surface area contributed by atoms with Gasteiger partial charge in [-0.3, -0.25) is 0 Å². The number of fused-ring (bicyclic) bond motifs is 1. The van der Waals surface area contributed by atoms with Crippen molar-refractivity contribution in [2.75, 3.05) is 5.73 Å². The first-order valence-electron chi connectivity index (χ1n) is 3.82. The minimum absolute atomic E-state index is 0.519. The Kier molecular flexibility index (Phi) is 2.06. The molecule has 0 heterocycles. The molecule has 3 heteroatoms. The van der Waals surface area contributed by atoms with E-state index in [1.807, 2.05) is 24.3 Å². The molecule has 0 fully saturated rings. The Morgan fingerprint density at radius 1 is 1.00 bits per heavy atom. The van der Waals surface area contributed by atoms with Gasteiger partial charge in [0.15, 0.2) is 0 Å². The van der Waals surface area contributed by atoms with E-state index in [2.05, 4.69) is 0 Å². The summed E-state index contributed by atoms with van der Waals surface area (Å²) in [6.07, 6.45) is 0. The van der Waals surface area contributed by atoms with E-state index in [0.29, 0.717) is 15.7 Å².